The minimum absolute atomic E-state index is 0.0290. The molecule has 0 radical (unpaired) electrons. The second-order valence-corrected chi connectivity index (χ2v) is 7.54. The summed E-state index contributed by atoms with van der Waals surface area (Å²) >= 11 is 0. The Morgan fingerprint density at radius 3 is 2.50 bits per heavy atom. The van der Waals surface area contributed by atoms with Crippen LogP contribution < -0.4 is 10.6 Å². The molecule has 0 aromatic heterocycles. The molecular weight excluding hydrogens is 375 g/mol. The fourth-order valence-electron chi connectivity index (χ4n) is 3.72. The summed E-state index contributed by atoms with van der Waals surface area (Å²) in [6, 6.07) is 4.72. The molecule has 2 saturated carbocycles. The molecule has 3 N–H and O–H groups in total. The van der Waals surface area contributed by atoms with Crippen molar-refractivity contribution in [1.82, 2.24) is 15.5 Å². The highest BCUT2D eigenvalue weighted by atomic mass is 19.4. The van der Waals surface area contributed by atoms with Crippen LogP contribution in [-0.4, -0.2) is 47.2 Å². The number of aliphatic carboxylic acids is 1. The highest BCUT2D eigenvalue weighted by Crippen LogP contribution is 2.46. The van der Waals surface area contributed by atoms with Crippen molar-refractivity contribution in [1.29, 1.82) is 0 Å². The standard InChI is InChI=1S/C19H24F3N3O3/c1-2-25(11-16(26)27)15-9-14(10-15)23-17(28)24-18(6-7-18)12-4-3-5-13(8-12)19(20,21)22/h3-5,8,14-15H,2,6-7,9-11H2,1H3,(H,26,27)(H2,23,24,28). The van der Waals surface area contributed by atoms with E-state index in [-0.39, 0.29) is 18.6 Å². The van der Waals surface area contributed by atoms with Crippen LogP contribution in [0.15, 0.2) is 24.3 Å². The Bertz CT molecular complexity index is 743. The van der Waals surface area contributed by atoms with Crippen molar-refractivity contribution in [3.05, 3.63) is 35.4 Å². The number of rotatable bonds is 7. The lowest BCUT2D eigenvalue weighted by atomic mass is 9.85. The van der Waals surface area contributed by atoms with Crippen LogP contribution in [0.25, 0.3) is 0 Å². The average Bonchev–Trinajstić information content (AvgIpc) is 3.36. The number of alkyl halides is 3. The molecule has 28 heavy (non-hydrogen) atoms. The number of nitrogens with zero attached hydrogens (tertiary/aromatic N) is 1. The van der Waals surface area contributed by atoms with Crippen molar-refractivity contribution < 1.29 is 27.9 Å². The lowest BCUT2D eigenvalue weighted by Crippen LogP contribution is -2.57. The van der Waals surface area contributed by atoms with E-state index < -0.39 is 29.3 Å². The number of carboxylic acid groups (broad SMARTS) is 1. The first-order chi connectivity index (χ1) is 13.1. The molecule has 2 aliphatic carbocycles. The van der Waals surface area contributed by atoms with Crippen LogP contribution in [0.1, 0.15) is 43.7 Å². The highest BCUT2D eigenvalue weighted by molar-refractivity contribution is 5.76. The van der Waals surface area contributed by atoms with Gasteiger partial charge in [0.2, 0.25) is 0 Å². The predicted molar refractivity (Wildman–Crippen MR) is 95.7 cm³/mol. The first-order valence-electron chi connectivity index (χ1n) is 9.35. The Morgan fingerprint density at radius 1 is 1.29 bits per heavy atom. The molecule has 2 amide bonds. The Balaban J connectivity index is 1.53. The molecule has 0 heterocycles. The van der Waals surface area contributed by atoms with Gasteiger partial charge in [-0.1, -0.05) is 19.1 Å². The maximum absolute atomic E-state index is 12.9. The average molecular weight is 399 g/mol. The SMILES string of the molecule is CCN(CC(=O)O)C1CC(NC(=O)NC2(c3cccc(C(F)(F)F)c3)CC2)C1. The molecule has 0 atom stereocenters. The number of hydrogen-bond acceptors (Lipinski definition) is 3. The summed E-state index contributed by atoms with van der Waals surface area (Å²) in [5.41, 5.74) is -1.01. The number of carbonyl (C=O) groups is 2. The molecular formula is C19H24F3N3O3. The van der Waals surface area contributed by atoms with E-state index in [1.807, 2.05) is 11.8 Å². The van der Waals surface area contributed by atoms with E-state index in [1.54, 1.807) is 6.07 Å². The first kappa shape index (κ1) is 20.4. The maximum Gasteiger partial charge on any atom is 0.416 e. The van der Waals surface area contributed by atoms with Gasteiger partial charge < -0.3 is 15.7 Å². The third-order valence-corrected chi connectivity index (χ3v) is 5.55. The summed E-state index contributed by atoms with van der Waals surface area (Å²) in [7, 11) is 0. The van der Waals surface area contributed by atoms with Crippen molar-refractivity contribution in [2.75, 3.05) is 13.1 Å². The topological polar surface area (TPSA) is 81.7 Å². The largest absolute Gasteiger partial charge is 0.480 e. The Kier molecular flexibility index (Phi) is 5.56. The van der Waals surface area contributed by atoms with Crippen LogP contribution in [0.3, 0.4) is 0 Å². The van der Waals surface area contributed by atoms with E-state index in [4.69, 9.17) is 5.11 Å². The minimum Gasteiger partial charge on any atom is -0.480 e. The zero-order valence-corrected chi connectivity index (χ0v) is 15.6. The molecule has 3 rings (SSSR count). The summed E-state index contributed by atoms with van der Waals surface area (Å²) < 4.78 is 38.8. The second-order valence-electron chi connectivity index (χ2n) is 7.54. The molecule has 2 fully saturated rings. The lowest BCUT2D eigenvalue weighted by molar-refractivity contribution is -0.139. The van der Waals surface area contributed by atoms with E-state index in [2.05, 4.69) is 10.6 Å². The van der Waals surface area contributed by atoms with Crippen molar-refractivity contribution in [3.63, 3.8) is 0 Å². The summed E-state index contributed by atoms with van der Waals surface area (Å²) in [6.07, 6.45) is -1.92. The zero-order chi connectivity index (χ0) is 20.5. The number of likely N-dealkylation sites (N-methyl/N-ethyl adjacent to an activating group) is 1. The third-order valence-electron chi connectivity index (χ3n) is 5.55. The number of carbonyl (C=O) groups excluding carboxylic acids is 1. The number of carboxylic acids is 1. The Labute approximate surface area is 161 Å². The van der Waals surface area contributed by atoms with Crippen LogP contribution in [0, 0.1) is 0 Å². The Morgan fingerprint density at radius 2 is 1.96 bits per heavy atom. The number of benzene rings is 1. The van der Waals surface area contributed by atoms with Gasteiger partial charge in [0.25, 0.3) is 0 Å². The van der Waals surface area contributed by atoms with Crippen LogP contribution in [0.2, 0.25) is 0 Å². The monoisotopic (exact) mass is 399 g/mol. The van der Waals surface area contributed by atoms with Crippen LogP contribution >= 0.6 is 0 Å². The van der Waals surface area contributed by atoms with Crippen LogP contribution in [0.4, 0.5) is 18.0 Å². The van der Waals surface area contributed by atoms with Crippen molar-refractivity contribution >= 4 is 12.0 Å². The predicted octanol–water partition coefficient (Wildman–Crippen LogP) is 2.93. The lowest BCUT2D eigenvalue weighted by Gasteiger charge is -2.42. The third kappa shape index (κ3) is 4.57. The van der Waals surface area contributed by atoms with Gasteiger partial charge >= 0.3 is 18.2 Å². The molecule has 2 aliphatic rings. The summed E-state index contributed by atoms with van der Waals surface area (Å²) in [6.45, 7) is 2.48. The highest BCUT2D eigenvalue weighted by Gasteiger charge is 2.47. The van der Waals surface area contributed by atoms with Gasteiger partial charge in [0, 0.05) is 12.1 Å². The molecule has 1 aromatic rings. The molecule has 9 heteroatoms. The normalized spacial score (nSPS) is 23.0. The molecule has 0 aliphatic heterocycles. The molecule has 0 spiro atoms. The molecule has 154 valence electrons. The molecule has 0 saturated heterocycles. The minimum atomic E-state index is -4.42. The zero-order valence-electron chi connectivity index (χ0n) is 15.6. The first-order valence-corrected chi connectivity index (χ1v) is 9.35. The fraction of sp³-hybridized carbons (Fsp3) is 0.579. The number of hydrogen-bond donors (Lipinski definition) is 3. The second kappa shape index (κ2) is 7.62. The van der Waals surface area contributed by atoms with Gasteiger partial charge in [-0.25, -0.2) is 4.79 Å². The molecule has 0 unspecified atom stereocenters. The van der Waals surface area contributed by atoms with E-state index in [9.17, 15) is 22.8 Å². The van der Waals surface area contributed by atoms with Crippen LogP contribution in [-0.2, 0) is 16.5 Å². The number of urea groups is 1. The van der Waals surface area contributed by atoms with Gasteiger partial charge in [-0.15, -0.1) is 0 Å². The summed E-state index contributed by atoms with van der Waals surface area (Å²) in [5.74, 6) is -0.882. The van der Waals surface area contributed by atoms with Crippen molar-refractivity contribution in [2.24, 2.45) is 0 Å². The fourth-order valence-corrected chi connectivity index (χ4v) is 3.72. The molecule has 0 bridgehead atoms. The van der Waals surface area contributed by atoms with E-state index in [1.165, 1.54) is 6.07 Å². The van der Waals surface area contributed by atoms with Gasteiger partial charge in [0.1, 0.15) is 0 Å². The van der Waals surface area contributed by atoms with Crippen molar-refractivity contribution in [2.45, 2.75) is 56.4 Å². The van der Waals surface area contributed by atoms with Gasteiger partial charge in [0.15, 0.2) is 0 Å². The maximum atomic E-state index is 12.9. The van der Waals surface area contributed by atoms with E-state index >= 15 is 0 Å². The summed E-state index contributed by atoms with van der Waals surface area (Å²) in [5, 5.41) is 14.6. The molecule has 6 nitrogen and oxygen atoms in total. The van der Waals surface area contributed by atoms with Gasteiger partial charge in [-0.05, 0) is 49.9 Å². The number of halogens is 3. The van der Waals surface area contributed by atoms with Crippen molar-refractivity contribution in [3.8, 4) is 0 Å². The Hall–Kier alpha value is -2.29. The quantitative estimate of drug-likeness (QED) is 0.659. The summed E-state index contributed by atoms with van der Waals surface area (Å²) in [4.78, 5) is 25.0. The van der Waals surface area contributed by atoms with Gasteiger partial charge in [-0.2, -0.15) is 13.2 Å². The van der Waals surface area contributed by atoms with E-state index in [0.717, 1.165) is 12.1 Å². The number of nitrogens with one attached hydrogen (secondary N) is 2. The van der Waals surface area contributed by atoms with Crippen LogP contribution in [0.5, 0.6) is 0 Å². The van der Waals surface area contributed by atoms with E-state index in [0.29, 0.717) is 37.8 Å². The molecule has 1 aromatic carbocycles. The van der Waals surface area contributed by atoms with Gasteiger partial charge in [-0.3, -0.25) is 9.69 Å². The number of amides is 2. The smallest absolute Gasteiger partial charge is 0.416 e. The van der Waals surface area contributed by atoms with Gasteiger partial charge in [0.05, 0.1) is 17.6 Å².